The Morgan fingerprint density at radius 2 is 2.35 bits per heavy atom. The van der Waals surface area contributed by atoms with Gasteiger partial charge in [0.1, 0.15) is 5.82 Å². The van der Waals surface area contributed by atoms with Gasteiger partial charge in [-0.1, -0.05) is 6.92 Å². The highest BCUT2D eigenvalue weighted by Gasteiger charge is 2.25. The predicted octanol–water partition coefficient (Wildman–Crippen LogP) is 0.856. The molecule has 1 aliphatic rings. The molecule has 2 aromatic heterocycles. The Bertz CT molecular complexity index is 593. The molecule has 0 spiro atoms. The minimum absolute atomic E-state index is 0.280. The maximum Gasteiger partial charge on any atom is 0.224 e. The van der Waals surface area contributed by atoms with Crippen LogP contribution in [0.4, 0.5) is 11.8 Å². The van der Waals surface area contributed by atoms with Crippen molar-refractivity contribution in [3.8, 4) is 0 Å². The first-order valence-corrected chi connectivity index (χ1v) is 7.10. The van der Waals surface area contributed by atoms with Gasteiger partial charge in [0.15, 0.2) is 5.65 Å². The van der Waals surface area contributed by atoms with Gasteiger partial charge in [-0.2, -0.15) is 15.1 Å². The molecule has 3 rings (SSSR count). The van der Waals surface area contributed by atoms with Crippen LogP contribution in [0.1, 0.15) is 19.8 Å². The first kappa shape index (κ1) is 13.1. The molecule has 1 aliphatic heterocycles. The second-order valence-corrected chi connectivity index (χ2v) is 5.34. The molecule has 0 aromatic carbocycles. The molecule has 0 saturated carbocycles. The standard InChI is InChI=1S/C13H21N7/c1-3-20-6-4-5-9(20)8-19(2)12-10-7-15-18-11(10)16-13(14)17-12/h7,9H,3-6,8H2,1-2H3,(H3,14,15,16,17,18). The Morgan fingerprint density at radius 1 is 1.50 bits per heavy atom. The number of hydrogen-bond donors (Lipinski definition) is 2. The number of nitrogen functional groups attached to an aromatic ring is 1. The average Bonchev–Trinajstić information content (AvgIpc) is 3.05. The molecule has 0 radical (unpaired) electrons. The van der Waals surface area contributed by atoms with Crippen molar-refractivity contribution in [2.45, 2.75) is 25.8 Å². The van der Waals surface area contributed by atoms with Crippen LogP contribution in [0, 0.1) is 0 Å². The van der Waals surface area contributed by atoms with Crippen LogP contribution in [0.25, 0.3) is 11.0 Å². The summed E-state index contributed by atoms with van der Waals surface area (Å²) < 4.78 is 0. The smallest absolute Gasteiger partial charge is 0.224 e. The summed E-state index contributed by atoms with van der Waals surface area (Å²) >= 11 is 0. The van der Waals surface area contributed by atoms with E-state index < -0.39 is 0 Å². The minimum Gasteiger partial charge on any atom is -0.368 e. The molecular formula is C13H21N7. The normalized spacial score (nSPS) is 19.8. The first-order valence-electron chi connectivity index (χ1n) is 7.10. The third-order valence-electron chi connectivity index (χ3n) is 4.06. The SMILES string of the molecule is CCN1CCCC1CN(C)c1nc(N)nc2[nH]ncc12. The summed E-state index contributed by atoms with van der Waals surface area (Å²) in [6, 6.07) is 0.586. The number of likely N-dealkylation sites (N-methyl/N-ethyl adjacent to an activating group) is 2. The molecule has 1 saturated heterocycles. The van der Waals surface area contributed by atoms with Crippen LogP contribution in [-0.2, 0) is 0 Å². The molecule has 3 heterocycles. The van der Waals surface area contributed by atoms with Gasteiger partial charge in [0.25, 0.3) is 0 Å². The van der Waals surface area contributed by atoms with Crippen LogP contribution in [0.5, 0.6) is 0 Å². The maximum absolute atomic E-state index is 5.78. The zero-order valence-electron chi connectivity index (χ0n) is 12.0. The van der Waals surface area contributed by atoms with E-state index in [1.54, 1.807) is 6.20 Å². The number of H-pyrrole nitrogens is 1. The quantitative estimate of drug-likeness (QED) is 0.860. The van der Waals surface area contributed by atoms with Gasteiger partial charge in [0.05, 0.1) is 11.6 Å². The number of nitrogens with one attached hydrogen (secondary N) is 1. The Kier molecular flexibility index (Phi) is 3.43. The molecule has 20 heavy (non-hydrogen) atoms. The van der Waals surface area contributed by atoms with E-state index >= 15 is 0 Å². The Balaban J connectivity index is 1.85. The third-order valence-corrected chi connectivity index (χ3v) is 4.06. The van der Waals surface area contributed by atoms with E-state index in [0.717, 1.165) is 24.3 Å². The van der Waals surface area contributed by atoms with E-state index in [9.17, 15) is 0 Å². The zero-order valence-corrected chi connectivity index (χ0v) is 12.0. The number of fused-ring (bicyclic) bond motifs is 1. The fourth-order valence-corrected chi connectivity index (χ4v) is 3.05. The van der Waals surface area contributed by atoms with E-state index in [1.807, 2.05) is 0 Å². The second-order valence-electron chi connectivity index (χ2n) is 5.34. The van der Waals surface area contributed by atoms with Gasteiger partial charge in [-0.3, -0.25) is 10.00 Å². The molecule has 1 unspecified atom stereocenters. The lowest BCUT2D eigenvalue weighted by atomic mass is 10.2. The topological polar surface area (TPSA) is 87.0 Å². The summed E-state index contributed by atoms with van der Waals surface area (Å²) in [4.78, 5) is 13.2. The van der Waals surface area contributed by atoms with Crippen molar-refractivity contribution < 1.29 is 0 Å². The second kappa shape index (κ2) is 5.24. The number of aromatic nitrogens is 4. The highest BCUT2D eigenvalue weighted by Crippen LogP contribution is 2.24. The largest absolute Gasteiger partial charge is 0.368 e. The number of nitrogens with zero attached hydrogens (tertiary/aromatic N) is 5. The molecule has 1 fully saturated rings. The van der Waals surface area contributed by atoms with E-state index in [0.29, 0.717) is 11.7 Å². The van der Waals surface area contributed by atoms with Crippen LogP contribution in [0.15, 0.2) is 6.20 Å². The third kappa shape index (κ3) is 2.29. The van der Waals surface area contributed by atoms with E-state index in [1.165, 1.54) is 19.4 Å². The van der Waals surface area contributed by atoms with Crippen LogP contribution in [0.3, 0.4) is 0 Å². The zero-order chi connectivity index (χ0) is 14.1. The van der Waals surface area contributed by atoms with Crippen molar-refractivity contribution in [2.24, 2.45) is 0 Å². The molecule has 7 nitrogen and oxygen atoms in total. The fraction of sp³-hybridized carbons (Fsp3) is 0.615. The van der Waals surface area contributed by atoms with Crippen molar-refractivity contribution in [2.75, 3.05) is 37.3 Å². The van der Waals surface area contributed by atoms with Crippen molar-refractivity contribution in [3.63, 3.8) is 0 Å². The van der Waals surface area contributed by atoms with E-state index in [2.05, 4.69) is 43.9 Å². The molecule has 0 amide bonds. The number of rotatable bonds is 4. The molecule has 2 aromatic rings. The minimum atomic E-state index is 0.280. The molecule has 0 bridgehead atoms. The molecular weight excluding hydrogens is 254 g/mol. The molecule has 3 N–H and O–H groups in total. The summed E-state index contributed by atoms with van der Waals surface area (Å²) in [7, 11) is 2.06. The van der Waals surface area contributed by atoms with Gasteiger partial charge in [-0.25, -0.2) is 0 Å². The van der Waals surface area contributed by atoms with Crippen LogP contribution < -0.4 is 10.6 Å². The van der Waals surface area contributed by atoms with Gasteiger partial charge in [-0.05, 0) is 25.9 Å². The van der Waals surface area contributed by atoms with Crippen molar-refractivity contribution >= 4 is 22.8 Å². The number of nitrogens with two attached hydrogens (primary N) is 1. The van der Waals surface area contributed by atoms with Gasteiger partial charge < -0.3 is 10.6 Å². The highest BCUT2D eigenvalue weighted by atomic mass is 15.3. The Labute approximate surface area is 118 Å². The number of likely N-dealkylation sites (tertiary alicyclic amines) is 1. The lowest BCUT2D eigenvalue weighted by Crippen LogP contribution is -2.39. The highest BCUT2D eigenvalue weighted by molar-refractivity contribution is 5.87. The fourth-order valence-electron chi connectivity index (χ4n) is 3.05. The molecule has 0 aliphatic carbocycles. The number of aromatic amines is 1. The lowest BCUT2D eigenvalue weighted by molar-refractivity contribution is 0.270. The van der Waals surface area contributed by atoms with Crippen LogP contribution in [0.2, 0.25) is 0 Å². The summed E-state index contributed by atoms with van der Waals surface area (Å²) in [5.41, 5.74) is 6.47. The van der Waals surface area contributed by atoms with Gasteiger partial charge in [0.2, 0.25) is 5.95 Å². The van der Waals surface area contributed by atoms with Gasteiger partial charge in [0, 0.05) is 19.6 Å². The van der Waals surface area contributed by atoms with Gasteiger partial charge in [-0.15, -0.1) is 0 Å². The summed E-state index contributed by atoms with van der Waals surface area (Å²) in [5, 5.41) is 7.80. The molecule has 1 atom stereocenters. The monoisotopic (exact) mass is 275 g/mol. The van der Waals surface area contributed by atoms with E-state index in [-0.39, 0.29) is 5.95 Å². The van der Waals surface area contributed by atoms with Crippen LogP contribution >= 0.6 is 0 Å². The van der Waals surface area contributed by atoms with E-state index in [4.69, 9.17) is 5.73 Å². The Hall–Kier alpha value is -1.89. The predicted molar refractivity (Wildman–Crippen MR) is 79.6 cm³/mol. The number of hydrogen-bond acceptors (Lipinski definition) is 6. The summed E-state index contributed by atoms with van der Waals surface area (Å²) in [6.45, 7) is 5.47. The summed E-state index contributed by atoms with van der Waals surface area (Å²) in [5.74, 6) is 1.13. The van der Waals surface area contributed by atoms with Crippen LogP contribution in [-0.4, -0.2) is 57.8 Å². The first-order chi connectivity index (χ1) is 9.69. The summed E-state index contributed by atoms with van der Waals surface area (Å²) in [6.07, 6.45) is 4.28. The molecule has 7 heteroatoms. The average molecular weight is 275 g/mol. The molecule has 108 valence electrons. The lowest BCUT2D eigenvalue weighted by Gasteiger charge is -2.28. The number of anilines is 2. The van der Waals surface area contributed by atoms with Crippen molar-refractivity contribution in [1.82, 2.24) is 25.1 Å². The van der Waals surface area contributed by atoms with Crippen molar-refractivity contribution in [1.29, 1.82) is 0 Å². The van der Waals surface area contributed by atoms with Gasteiger partial charge >= 0.3 is 0 Å². The maximum atomic E-state index is 5.78. The van der Waals surface area contributed by atoms with Crippen molar-refractivity contribution in [3.05, 3.63) is 6.20 Å². The Morgan fingerprint density at radius 3 is 3.15 bits per heavy atom.